The zero-order valence-electron chi connectivity index (χ0n) is 14.5. The molecule has 0 atom stereocenters. The topological polar surface area (TPSA) is 41.1 Å². The maximum absolute atomic E-state index is 12.8. The number of halogens is 1. The Morgan fingerprint density at radius 2 is 1.62 bits per heavy atom. The van der Waals surface area contributed by atoms with Gasteiger partial charge in [-0.2, -0.15) is 0 Å². The molecule has 24 heavy (non-hydrogen) atoms. The van der Waals surface area contributed by atoms with Gasteiger partial charge in [0.15, 0.2) is 0 Å². The summed E-state index contributed by atoms with van der Waals surface area (Å²) in [5.74, 6) is -0.301. The van der Waals surface area contributed by atoms with Crippen LogP contribution in [0.2, 0.25) is 0 Å². The first-order valence-electron chi connectivity index (χ1n) is 8.20. The van der Waals surface area contributed by atoms with E-state index >= 15 is 0 Å². The van der Waals surface area contributed by atoms with E-state index in [4.69, 9.17) is 0 Å². The lowest BCUT2D eigenvalue weighted by Gasteiger charge is -2.19. The van der Waals surface area contributed by atoms with Crippen molar-refractivity contribution in [3.63, 3.8) is 0 Å². The molecular formula is C20H25FN2O. The highest BCUT2D eigenvalue weighted by molar-refractivity contribution is 5.76. The van der Waals surface area contributed by atoms with E-state index in [2.05, 4.69) is 43.5 Å². The molecule has 2 N–H and O–H groups in total. The summed E-state index contributed by atoms with van der Waals surface area (Å²) in [4.78, 5) is 11.8. The summed E-state index contributed by atoms with van der Waals surface area (Å²) in [6.45, 7) is 7.53. The predicted molar refractivity (Wildman–Crippen MR) is 96.5 cm³/mol. The Balaban J connectivity index is 1.71. The molecule has 0 saturated carbocycles. The van der Waals surface area contributed by atoms with Gasteiger partial charge in [-0.15, -0.1) is 0 Å². The second-order valence-corrected chi connectivity index (χ2v) is 6.91. The zero-order chi connectivity index (χ0) is 17.6. The molecule has 128 valence electrons. The van der Waals surface area contributed by atoms with Gasteiger partial charge in [-0.05, 0) is 40.8 Å². The van der Waals surface area contributed by atoms with E-state index in [-0.39, 0.29) is 17.1 Å². The van der Waals surface area contributed by atoms with Crippen LogP contribution in [0.15, 0.2) is 48.5 Å². The molecule has 3 nitrogen and oxygen atoms in total. The van der Waals surface area contributed by atoms with Gasteiger partial charge < -0.3 is 10.6 Å². The molecule has 0 bridgehead atoms. The van der Waals surface area contributed by atoms with Crippen molar-refractivity contribution in [3.05, 3.63) is 65.5 Å². The SMILES string of the molecule is CC(C)(C)c1ccc(NCCC(=O)NCc2ccc(F)cc2)cc1. The number of anilines is 1. The van der Waals surface area contributed by atoms with Crippen LogP contribution >= 0.6 is 0 Å². The van der Waals surface area contributed by atoms with Crippen LogP contribution in [0.25, 0.3) is 0 Å². The van der Waals surface area contributed by atoms with Crippen LogP contribution in [0.5, 0.6) is 0 Å². The molecule has 2 aromatic rings. The van der Waals surface area contributed by atoms with Gasteiger partial charge in [-0.3, -0.25) is 4.79 Å². The number of amides is 1. The molecule has 0 fully saturated rings. The standard InChI is InChI=1S/C20H25FN2O/c1-20(2,3)16-6-10-18(11-7-16)22-13-12-19(24)23-14-15-4-8-17(21)9-5-15/h4-11,22H,12-14H2,1-3H3,(H,23,24). The normalized spacial score (nSPS) is 11.2. The van der Waals surface area contributed by atoms with Gasteiger partial charge in [-0.1, -0.05) is 45.0 Å². The fourth-order valence-electron chi connectivity index (χ4n) is 2.30. The third-order valence-electron chi connectivity index (χ3n) is 3.84. The third kappa shape index (κ3) is 5.69. The highest BCUT2D eigenvalue weighted by Crippen LogP contribution is 2.23. The van der Waals surface area contributed by atoms with Crippen LogP contribution in [0.1, 0.15) is 38.3 Å². The van der Waals surface area contributed by atoms with Crippen LogP contribution in [-0.4, -0.2) is 12.5 Å². The molecule has 2 rings (SSSR count). The molecule has 0 heterocycles. The number of carbonyl (C=O) groups is 1. The van der Waals surface area contributed by atoms with Crippen LogP contribution < -0.4 is 10.6 Å². The lowest BCUT2D eigenvalue weighted by molar-refractivity contribution is -0.121. The quantitative estimate of drug-likeness (QED) is 0.832. The van der Waals surface area contributed by atoms with E-state index in [1.54, 1.807) is 12.1 Å². The van der Waals surface area contributed by atoms with Crippen molar-refractivity contribution in [1.82, 2.24) is 5.32 Å². The fourth-order valence-corrected chi connectivity index (χ4v) is 2.30. The number of benzene rings is 2. The summed E-state index contributed by atoms with van der Waals surface area (Å²) in [5.41, 5.74) is 3.31. The summed E-state index contributed by atoms with van der Waals surface area (Å²) in [7, 11) is 0. The molecule has 2 aromatic carbocycles. The largest absolute Gasteiger partial charge is 0.385 e. The number of carbonyl (C=O) groups excluding carboxylic acids is 1. The van der Waals surface area contributed by atoms with Gasteiger partial charge in [-0.25, -0.2) is 4.39 Å². The summed E-state index contributed by atoms with van der Waals surface area (Å²) in [6.07, 6.45) is 0.391. The maximum atomic E-state index is 12.8. The summed E-state index contributed by atoms with van der Waals surface area (Å²) in [5, 5.41) is 6.08. The first-order valence-corrected chi connectivity index (χ1v) is 8.20. The second-order valence-electron chi connectivity index (χ2n) is 6.91. The predicted octanol–water partition coefficient (Wildman–Crippen LogP) is 4.24. The number of hydrogen-bond acceptors (Lipinski definition) is 2. The van der Waals surface area contributed by atoms with Gasteiger partial charge in [0.25, 0.3) is 0 Å². The Morgan fingerprint density at radius 1 is 1.00 bits per heavy atom. The average Bonchev–Trinajstić information content (AvgIpc) is 2.54. The van der Waals surface area contributed by atoms with E-state index in [1.165, 1.54) is 17.7 Å². The van der Waals surface area contributed by atoms with E-state index < -0.39 is 0 Å². The summed E-state index contributed by atoms with van der Waals surface area (Å²) in [6, 6.07) is 14.4. The second kappa shape index (κ2) is 7.95. The van der Waals surface area contributed by atoms with Crippen molar-refractivity contribution in [2.24, 2.45) is 0 Å². The van der Waals surface area contributed by atoms with Gasteiger partial charge in [0.05, 0.1) is 0 Å². The Morgan fingerprint density at radius 3 is 2.21 bits per heavy atom. The molecule has 4 heteroatoms. The summed E-state index contributed by atoms with van der Waals surface area (Å²) < 4.78 is 12.8. The van der Waals surface area contributed by atoms with Crippen LogP contribution in [0.4, 0.5) is 10.1 Å². The Labute approximate surface area is 143 Å². The summed E-state index contributed by atoms with van der Waals surface area (Å²) >= 11 is 0. The van der Waals surface area contributed by atoms with Crippen molar-refractivity contribution >= 4 is 11.6 Å². The molecular weight excluding hydrogens is 303 g/mol. The van der Waals surface area contributed by atoms with E-state index in [0.29, 0.717) is 19.5 Å². The number of nitrogens with one attached hydrogen (secondary N) is 2. The third-order valence-corrected chi connectivity index (χ3v) is 3.84. The van der Waals surface area contributed by atoms with Gasteiger partial charge in [0.1, 0.15) is 5.82 Å². The van der Waals surface area contributed by atoms with E-state index in [1.807, 2.05) is 12.1 Å². The molecule has 0 aliphatic rings. The Hall–Kier alpha value is -2.36. The molecule has 0 aromatic heterocycles. The highest BCUT2D eigenvalue weighted by atomic mass is 19.1. The molecule has 0 aliphatic carbocycles. The van der Waals surface area contributed by atoms with Gasteiger partial charge in [0.2, 0.25) is 5.91 Å². The molecule has 0 spiro atoms. The average molecular weight is 328 g/mol. The first-order chi connectivity index (χ1) is 11.3. The minimum atomic E-state index is -0.272. The number of hydrogen-bond donors (Lipinski definition) is 2. The van der Waals surface area contributed by atoms with Crippen LogP contribution in [0.3, 0.4) is 0 Å². The van der Waals surface area contributed by atoms with Crippen molar-refractivity contribution in [3.8, 4) is 0 Å². The highest BCUT2D eigenvalue weighted by Gasteiger charge is 2.12. The van der Waals surface area contributed by atoms with Crippen LogP contribution in [0, 0.1) is 5.82 Å². The molecule has 0 unspecified atom stereocenters. The van der Waals surface area contributed by atoms with E-state index in [9.17, 15) is 9.18 Å². The van der Waals surface area contributed by atoms with Crippen LogP contribution in [-0.2, 0) is 16.8 Å². The Bertz CT molecular complexity index is 658. The van der Waals surface area contributed by atoms with E-state index in [0.717, 1.165) is 11.3 Å². The molecule has 0 radical (unpaired) electrons. The van der Waals surface area contributed by atoms with Crippen molar-refractivity contribution in [1.29, 1.82) is 0 Å². The van der Waals surface area contributed by atoms with Gasteiger partial charge >= 0.3 is 0 Å². The lowest BCUT2D eigenvalue weighted by Crippen LogP contribution is -2.24. The zero-order valence-corrected chi connectivity index (χ0v) is 14.5. The number of rotatable bonds is 6. The monoisotopic (exact) mass is 328 g/mol. The molecule has 0 saturated heterocycles. The lowest BCUT2D eigenvalue weighted by atomic mass is 9.87. The minimum absolute atomic E-state index is 0.0295. The first kappa shape index (κ1) is 18.0. The Kier molecular flexibility index (Phi) is 5.96. The van der Waals surface area contributed by atoms with Crippen molar-refractivity contribution in [2.45, 2.75) is 39.2 Å². The molecule has 0 aliphatic heterocycles. The van der Waals surface area contributed by atoms with Crippen molar-refractivity contribution in [2.75, 3.05) is 11.9 Å². The maximum Gasteiger partial charge on any atom is 0.222 e. The minimum Gasteiger partial charge on any atom is -0.385 e. The molecule has 1 amide bonds. The van der Waals surface area contributed by atoms with Crippen molar-refractivity contribution < 1.29 is 9.18 Å². The fraction of sp³-hybridized carbons (Fsp3) is 0.350. The smallest absolute Gasteiger partial charge is 0.222 e. The van der Waals surface area contributed by atoms with Gasteiger partial charge in [0, 0.05) is 25.2 Å².